The van der Waals surface area contributed by atoms with Gasteiger partial charge in [-0.05, 0) is 70.5 Å². The lowest BCUT2D eigenvalue weighted by Crippen LogP contribution is -2.45. The molecule has 0 amide bonds. The van der Waals surface area contributed by atoms with E-state index in [1.807, 2.05) is 0 Å². The predicted molar refractivity (Wildman–Crippen MR) is 78.8 cm³/mol. The van der Waals surface area contributed by atoms with E-state index in [0.29, 0.717) is 6.04 Å². The summed E-state index contributed by atoms with van der Waals surface area (Å²) in [4.78, 5) is 2.61. The van der Waals surface area contributed by atoms with Gasteiger partial charge in [0.05, 0.1) is 0 Å². The fourth-order valence-corrected chi connectivity index (χ4v) is 3.35. The molecule has 0 saturated carbocycles. The Kier molecular flexibility index (Phi) is 5.71. The van der Waals surface area contributed by atoms with Crippen LogP contribution in [0, 0.1) is 11.8 Å². The highest BCUT2D eigenvalue weighted by atomic mass is 15.1. The first kappa shape index (κ1) is 14.1. The first-order chi connectivity index (χ1) is 8.79. The molecule has 104 valence electrons. The summed E-state index contributed by atoms with van der Waals surface area (Å²) in [6.45, 7) is 9.73. The van der Waals surface area contributed by atoms with Crippen molar-refractivity contribution in [3.05, 3.63) is 12.2 Å². The molecule has 3 atom stereocenters. The van der Waals surface area contributed by atoms with Crippen molar-refractivity contribution >= 4 is 0 Å². The second-order valence-corrected chi connectivity index (χ2v) is 6.14. The number of hydrogen-bond acceptors (Lipinski definition) is 2. The summed E-state index contributed by atoms with van der Waals surface area (Å²) in [6.07, 6.45) is 11.4. The highest BCUT2D eigenvalue weighted by Gasteiger charge is 2.24. The molecule has 1 saturated heterocycles. The summed E-state index contributed by atoms with van der Waals surface area (Å²) in [5.74, 6) is 1.74. The molecule has 0 aromatic carbocycles. The van der Waals surface area contributed by atoms with Gasteiger partial charge in [0.25, 0.3) is 0 Å². The third-order valence-corrected chi connectivity index (χ3v) is 4.80. The molecule has 0 aromatic heterocycles. The topological polar surface area (TPSA) is 15.3 Å². The normalized spacial score (nSPS) is 31.4. The van der Waals surface area contributed by atoms with Gasteiger partial charge in [-0.25, -0.2) is 0 Å². The fourth-order valence-electron chi connectivity index (χ4n) is 3.35. The summed E-state index contributed by atoms with van der Waals surface area (Å²) in [5.41, 5.74) is 0. The Morgan fingerprint density at radius 1 is 1.33 bits per heavy atom. The van der Waals surface area contributed by atoms with Crippen LogP contribution in [-0.2, 0) is 0 Å². The van der Waals surface area contributed by atoms with E-state index in [2.05, 4.69) is 36.2 Å². The predicted octanol–water partition coefficient (Wildman–Crippen LogP) is 3.05. The molecule has 2 rings (SSSR count). The smallest absolute Gasteiger partial charge is 0.00793 e. The highest BCUT2D eigenvalue weighted by molar-refractivity contribution is 4.91. The van der Waals surface area contributed by atoms with Crippen LogP contribution in [0.1, 0.15) is 46.0 Å². The number of rotatable bonds is 5. The van der Waals surface area contributed by atoms with Crippen LogP contribution in [0.3, 0.4) is 0 Å². The molecule has 0 spiro atoms. The molecule has 1 N–H and O–H groups in total. The number of piperidine rings is 1. The Morgan fingerprint density at radius 3 is 2.94 bits per heavy atom. The molecule has 0 radical (unpaired) electrons. The zero-order valence-corrected chi connectivity index (χ0v) is 12.2. The first-order valence-corrected chi connectivity index (χ1v) is 7.90. The maximum Gasteiger partial charge on any atom is 0.00793 e. The van der Waals surface area contributed by atoms with E-state index in [1.165, 1.54) is 58.3 Å². The minimum absolute atomic E-state index is 0.685. The molecule has 1 heterocycles. The number of hydrogen-bond donors (Lipinski definition) is 1. The number of likely N-dealkylation sites (tertiary alicyclic amines) is 1. The lowest BCUT2D eigenvalue weighted by molar-refractivity contribution is 0.155. The van der Waals surface area contributed by atoms with E-state index in [0.717, 1.165) is 11.8 Å². The summed E-state index contributed by atoms with van der Waals surface area (Å²) in [7, 11) is 0. The Hall–Kier alpha value is -0.340. The van der Waals surface area contributed by atoms with Crippen molar-refractivity contribution in [3.8, 4) is 0 Å². The Morgan fingerprint density at radius 2 is 2.22 bits per heavy atom. The van der Waals surface area contributed by atoms with Gasteiger partial charge < -0.3 is 10.2 Å². The molecule has 2 heteroatoms. The molecular formula is C16H30N2. The molecule has 1 aliphatic carbocycles. The lowest BCUT2D eigenvalue weighted by atomic mass is 9.90. The molecule has 0 bridgehead atoms. The van der Waals surface area contributed by atoms with Crippen LogP contribution in [0.25, 0.3) is 0 Å². The maximum absolute atomic E-state index is 3.81. The largest absolute Gasteiger partial charge is 0.314 e. The Labute approximate surface area is 113 Å². The Bertz CT molecular complexity index is 262. The standard InChI is InChI=1S/C16H30N2/c1-3-18-11-7-10-16(13-18)14(2)17-12-15-8-5-4-6-9-15/h4-5,14-17H,3,6-13H2,1-2H3. The van der Waals surface area contributed by atoms with Crippen LogP contribution in [0.15, 0.2) is 12.2 Å². The third kappa shape index (κ3) is 4.10. The van der Waals surface area contributed by atoms with Crippen LogP contribution >= 0.6 is 0 Å². The SMILES string of the molecule is CCN1CCCC(C(C)NCC2CC=CCC2)C1. The maximum atomic E-state index is 3.81. The van der Waals surface area contributed by atoms with E-state index in [-0.39, 0.29) is 0 Å². The van der Waals surface area contributed by atoms with Crippen LogP contribution in [0.2, 0.25) is 0 Å². The number of allylic oxidation sites excluding steroid dienone is 2. The molecule has 2 aliphatic rings. The highest BCUT2D eigenvalue weighted by Crippen LogP contribution is 2.21. The fraction of sp³-hybridized carbons (Fsp3) is 0.875. The molecule has 3 unspecified atom stereocenters. The van der Waals surface area contributed by atoms with Crippen LogP contribution < -0.4 is 5.32 Å². The average Bonchev–Trinajstić information content (AvgIpc) is 2.46. The average molecular weight is 250 g/mol. The van der Waals surface area contributed by atoms with E-state index in [9.17, 15) is 0 Å². The van der Waals surface area contributed by atoms with Gasteiger partial charge in [0.1, 0.15) is 0 Å². The van der Waals surface area contributed by atoms with Gasteiger partial charge in [0.2, 0.25) is 0 Å². The molecule has 18 heavy (non-hydrogen) atoms. The summed E-state index contributed by atoms with van der Waals surface area (Å²) in [5, 5.41) is 3.81. The molecule has 1 aliphatic heterocycles. The zero-order valence-electron chi connectivity index (χ0n) is 12.2. The van der Waals surface area contributed by atoms with Gasteiger partial charge in [0, 0.05) is 12.6 Å². The van der Waals surface area contributed by atoms with E-state index in [1.54, 1.807) is 0 Å². The van der Waals surface area contributed by atoms with Crippen molar-refractivity contribution in [2.24, 2.45) is 11.8 Å². The van der Waals surface area contributed by atoms with Crippen LogP contribution in [0.5, 0.6) is 0 Å². The van der Waals surface area contributed by atoms with E-state index >= 15 is 0 Å². The van der Waals surface area contributed by atoms with Crippen molar-refractivity contribution in [3.63, 3.8) is 0 Å². The second-order valence-electron chi connectivity index (χ2n) is 6.14. The Balaban J connectivity index is 1.70. The summed E-state index contributed by atoms with van der Waals surface area (Å²) >= 11 is 0. The van der Waals surface area contributed by atoms with E-state index in [4.69, 9.17) is 0 Å². The van der Waals surface area contributed by atoms with Crippen LogP contribution in [-0.4, -0.2) is 37.1 Å². The van der Waals surface area contributed by atoms with Crippen molar-refractivity contribution in [2.75, 3.05) is 26.2 Å². The van der Waals surface area contributed by atoms with Gasteiger partial charge in [-0.2, -0.15) is 0 Å². The van der Waals surface area contributed by atoms with Crippen molar-refractivity contribution in [1.82, 2.24) is 10.2 Å². The quantitative estimate of drug-likeness (QED) is 0.755. The van der Waals surface area contributed by atoms with Gasteiger partial charge in [-0.3, -0.25) is 0 Å². The van der Waals surface area contributed by atoms with Gasteiger partial charge in [0.15, 0.2) is 0 Å². The minimum Gasteiger partial charge on any atom is -0.314 e. The van der Waals surface area contributed by atoms with Gasteiger partial charge in [-0.1, -0.05) is 19.1 Å². The number of nitrogens with zero attached hydrogens (tertiary/aromatic N) is 1. The van der Waals surface area contributed by atoms with Crippen molar-refractivity contribution in [1.29, 1.82) is 0 Å². The first-order valence-electron chi connectivity index (χ1n) is 7.90. The minimum atomic E-state index is 0.685. The summed E-state index contributed by atoms with van der Waals surface area (Å²) < 4.78 is 0. The van der Waals surface area contributed by atoms with Gasteiger partial charge >= 0.3 is 0 Å². The molecule has 0 aromatic rings. The summed E-state index contributed by atoms with van der Waals surface area (Å²) in [6, 6.07) is 0.685. The number of nitrogens with one attached hydrogen (secondary N) is 1. The van der Waals surface area contributed by atoms with Crippen LogP contribution in [0.4, 0.5) is 0 Å². The monoisotopic (exact) mass is 250 g/mol. The molecule has 1 fully saturated rings. The zero-order chi connectivity index (χ0) is 12.8. The second kappa shape index (κ2) is 7.30. The third-order valence-electron chi connectivity index (χ3n) is 4.80. The van der Waals surface area contributed by atoms with Crippen molar-refractivity contribution < 1.29 is 0 Å². The van der Waals surface area contributed by atoms with Crippen molar-refractivity contribution in [2.45, 2.75) is 52.0 Å². The van der Waals surface area contributed by atoms with E-state index < -0.39 is 0 Å². The molecule has 2 nitrogen and oxygen atoms in total. The van der Waals surface area contributed by atoms with Gasteiger partial charge in [-0.15, -0.1) is 0 Å². The lowest BCUT2D eigenvalue weighted by Gasteiger charge is -2.36. The molecular weight excluding hydrogens is 220 g/mol.